The molecule has 0 saturated carbocycles. The van der Waals surface area contributed by atoms with Crippen LogP contribution in [0.1, 0.15) is 22.5 Å². The predicted molar refractivity (Wildman–Crippen MR) is 116 cm³/mol. The number of amides is 1. The zero-order chi connectivity index (χ0) is 22.7. The summed E-state index contributed by atoms with van der Waals surface area (Å²) in [7, 11) is 0. The molecule has 2 aromatic rings. The van der Waals surface area contributed by atoms with Crippen molar-refractivity contribution in [2.24, 2.45) is 10.1 Å². The third-order valence-corrected chi connectivity index (χ3v) is 6.24. The Morgan fingerprint density at radius 3 is 2.55 bits per heavy atom. The second-order valence-corrected chi connectivity index (χ2v) is 8.38. The molecule has 0 spiro atoms. The number of rotatable bonds is 2. The number of halogens is 4. The van der Waals surface area contributed by atoms with Crippen LogP contribution in [-0.4, -0.2) is 37.7 Å². The predicted octanol–water partition coefficient (Wildman–Crippen LogP) is 5.24. The molecule has 0 radical (unpaired) electrons. The van der Waals surface area contributed by atoms with Crippen LogP contribution in [0.3, 0.4) is 0 Å². The highest BCUT2D eigenvalue weighted by Gasteiger charge is 2.46. The van der Waals surface area contributed by atoms with Gasteiger partial charge < -0.3 is 4.57 Å². The van der Waals surface area contributed by atoms with Crippen LogP contribution in [0.5, 0.6) is 0 Å². The van der Waals surface area contributed by atoms with Crippen molar-refractivity contribution in [2.75, 3.05) is 0 Å². The number of nitrogens with zero attached hydrogens (tertiary/aromatic N) is 4. The Kier molecular flexibility index (Phi) is 5.09. The molecule has 0 unspecified atom stereocenters. The molecule has 4 rings (SSSR count). The van der Waals surface area contributed by atoms with Crippen molar-refractivity contribution in [3.63, 3.8) is 0 Å². The van der Waals surface area contributed by atoms with Crippen molar-refractivity contribution in [1.29, 1.82) is 5.41 Å². The number of fused-ring (bicyclic) bond motifs is 1. The Morgan fingerprint density at radius 2 is 1.90 bits per heavy atom. The Bertz CT molecular complexity index is 1240. The van der Waals surface area contributed by atoms with Crippen LogP contribution < -0.4 is 0 Å². The fourth-order valence-corrected chi connectivity index (χ4v) is 4.25. The number of nitrogens with one attached hydrogen (secondary N) is 1. The molecule has 1 aromatic heterocycles. The molecule has 1 aromatic carbocycles. The van der Waals surface area contributed by atoms with Crippen molar-refractivity contribution >= 4 is 51.4 Å². The number of hydrazone groups is 1. The lowest BCUT2D eigenvalue weighted by atomic mass is 10.1. The van der Waals surface area contributed by atoms with Crippen molar-refractivity contribution < 1.29 is 18.0 Å². The minimum Gasteiger partial charge on any atom is -0.318 e. The van der Waals surface area contributed by atoms with Gasteiger partial charge in [-0.25, -0.2) is 0 Å². The minimum absolute atomic E-state index is 0.140. The lowest BCUT2D eigenvalue weighted by Gasteiger charge is -2.20. The lowest BCUT2D eigenvalue weighted by molar-refractivity contribution is -0.114. The van der Waals surface area contributed by atoms with Gasteiger partial charge in [-0.1, -0.05) is 17.7 Å². The van der Waals surface area contributed by atoms with Gasteiger partial charge in [0.15, 0.2) is 5.84 Å². The first kappa shape index (κ1) is 21.4. The average Bonchev–Trinajstić information content (AvgIpc) is 3.22. The summed E-state index contributed by atoms with van der Waals surface area (Å²) in [5.74, 6) is -1.24. The molecular weight excluding hydrogens is 451 g/mol. The number of carbonyl (C=O) groups excluding carboxylic acids is 1. The molecule has 160 valence electrons. The first-order valence-corrected chi connectivity index (χ1v) is 10.2. The van der Waals surface area contributed by atoms with Crippen LogP contribution in [0.15, 0.2) is 39.9 Å². The second kappa shape index (κ2) is 7.38. The first-order valence-electron chi connectivity index (χ1n) is 9.00. The number of hydrogen-bond donors (Lipinski definition) is 1. The molecule has 1 N–H and O–H groups in total. The Labute approximate surface area is 184 Å². The van der Waals surface area contributed by atoms with Crippen LogP contribution in [0.2, 0.25) is 5.02 Å². The standard InChI is InChI=1S/C20H15ClF3N5OS/c1-9-4-5-13(8-15(9)21)28-10(2)6-12(11(28)3)7-14-16(25)29-19(26-17(14)30)31-18(27-29)20(22,23)24/h4-8,25H,1-3H3/b14-7-,25-16?. The van der Waals surface area contributed by atoms with E-state index in [4.69, 9.17) is 17.0 Å². The smallest absolute Gasteiger partial charge is 0.318 e. The fraction of sp³-hybridized carbons (Fsp3) is 0.200. The summed E-state index contributed by atoms with van der Waals surface area (Å²) in [4.78, 5) is 16.2. The molecule has 2 aliphatic rings. The molecule has 0 aliphatic carbocycles. The highest BCUT2D eigenvalue weighted by Crippen LogP contribution is 2.35. The summed E-state index contributed by atoms with van der Waals surface area (Å²) in [5, 5.41) is 11.6. The lowest BCUT2D eigenvalue weighted by Crippen LogP contribution is -2.35. The molecule has 11 heteroatoms. The number of aromatic nitrogens is 1. The largest absolute Gasteiger partial charge is 0.441 e. The molecular formula is C20H15ClF3N5OS. The van der Waals surface area contributed by atoms with E-state index in [0.29, 0.717) is 10.6 Å². The monoisotopic (exact) mass is 465 g/mol. The van der Waals surface area contributed by atoms with E-state index >= 15 is 0 Å². The summed E-state index contributed by atoms with van der Waals surface area (Å²) in [6.45, 7) is 5.62. The van der Waals surface area contributed by atoms with Crippen LogP contribution in [0.25, 0.3) is 11.8 Å². The summed E-state index contributed by atoms with van der Waals surface area (Å²) in [6, 6.07) is 7.45. The molecule has 0 saturated heterocycles. The van der Waals surface area contributed by atoms with E-state index in [2.05, 4.69) is 10.1 Å². The van der Waals surface area contributed by atoms with Crippen molar-refractivity contribution in [3.8, 4) is 5.69 Å². The SMILES string of the molecule is Cc1ccc(-n2c(C)cc(/C=C3/C(=N)N4N=C(C(F)(F)F)SC4=NC3=O)c2C)cc1Cl. The van der Waals surface area contributed by atoms with Gasteiger partial charge in [0.05, 0.1) is 5.57 Å². The van der Waals surface area contributed by atoms with E-state index < -0.39 is 23.0 Å². The van der Waals surface area contributed by atoms with Gasteiger partial charge in [-0.05, 0) is 67.9 Å². The maximum absolute atomic E-state index is 13.0. The van der Waals surface area contributed by atoms with Gasteiger partial charge in [-0.2, -0.15) is 28.3 Å². The van der Waals surface area contributed by atoms with Crippen LogP contribution in [0, 0.1) is 26.2 Å². The molecule has 2 aliphatic heterocycles. The fourth-order valence-electron chi connectivity index (χ4n) is 3.31. The third-order valence-electron chi connectivity index (χ3n) is 4.88. The number of alkyl halides is 3. The third kappa shape index (κ3) is 3.70. The number of benzene rings is 1. The highest BCUT2D eigenvalue weighted by atomic mass is 35.5. The Morgan fingerprint density at radius 1 is 1.19 bits per heavy atom. The number of aliphatic imine (C=N–C) groups is 1. The average molecular weight is 466 g/mol. The van der Waals surface area contributed by atoms with Crippen LogP contribution >= 0.6 is 23.4 Å². The van der Waals surface area contributed by atoms with Crippen molar-refractivity contribution in [2.45, 2.75) is 26.9 Å². The molecule has 1 amide bonds. The van der Waals surface area contributed by atoms with Gasteiger partial charge in [0.1, 0.15) is 0 Å². The van der Waals surface area contributed by atoms with E-state index in [1.807, 2.05) is 49.6 Å². The second-order valence-electron chi connectivity index (χ2n) is 7.02. The maximum Gasteiger partial charge on any atom is 0.441 e. The molecule has 0 atom stereocenters. The summed E-state index contributed by atoms with van der Waals surface area (Å²) in [5.41, 5.74) is 3.89. The quantitative estimate of drug-likeness (QED) is 0.616. The molecule has 6 nitrogen and oxygen atoms in total. The highest BCUT2D eigenvalue weighted by molar-refractivity contribution is 8.27. The molecule has 0 bridgehead atoms. The summed E-state index contributed by atoms with van der Waals surface area (Å²) < 4.78 is 40.8. The van der Waals surface area contributed by atoms with E-state index in [-0.39, 0.29) is 22.5 Å². The van der Waals surface area contributed by atoms with E-state index in [0.717, 1.165) is 27.6 Å². The normalized spacial score (nSPS) is 17.9. The van der Waals surface area contributed by atoms with Gasteiger partial charge in [0.25, 0.3) is 5.91 Å². The van der Waals surface area contributed by atoms with E-state index in [1.165, 1.54) is 6.08 Å². The minimum atomic E-state index is -4.68. The first-order chi connectivity index (χ1) is 14.5. The van der Waals surface area contributed by atoms with E-state index in [9.17, 15) is 18.0 Å². The summed E-state index contributed by atoms with van der Waals surface area (Å²) >= 11 is 6.47. The topological polar surface area (TPSA) is 73.8 Å². The Balaban J connectivity index is 1.75. The number of carbonyl (C=O) groups is 1. The number of aryl methyl sites for hydroxylation is 2. The number of thioether (sulfide) groups is 1. The van der Waals surface area contributed by atoms with Gasteiger partial charge >= 0.3 is 6.18 Å². The van der Waals surface area contributed by atoms with Gasteiger partial charge in [-0.15, -0.1) is 0 Å². The van der Waals surface area contributed by atoms with Crippen LogP contribution in [0.4, 0.5) is 13.2 Å². The van der Waals surface area contributed by atoms with Crippen molar-refractivity contribution in [1.82, 2.24) is 9.58 Å². The number of hydrogen-bond acceptors (Lipinski definition) is 4. The van der Waals surface area contributed by atoms with Crippen LogP contribution in [-0.2, 0) is 4.79 Å². The molecule has 0 fully saturated rings. The van der Waals surface area contributed by atoms with Gasteiger partial charge in [0, 0.05) is 22.1 Å². The van der Waals surface area contributed by atoms with Gasteiger partial charge in [0.2, 0.25) is 10.2 Å². The van der Waals surface area contributed by atoms with Gasteiger partial charge in [-0.3, -0.25) is 10.2 Å². The van der Waals surface area contributed by atoms with E-state index in [1.54, 1.807) is 0 Å². The number of amidine groups is 2. The zero-order valence-corrected chi connectivity index (χ0v) is 18.1. The zero-order valence-electron chi connectivity index (χ0n) is 16.5. The maximum atomic E-state index is 13.0. The Hall–Kier alpha value is -2.85. The molecule has 31 heavy (non-hydrogen) atoms. The van der Waals surface area contributed by atoms with Crippen molar-refractivity contribution in [3.05, 3.63) is 57.4 Å². The molecule has 3 heterocycles. The summed E-state index contributed by atoms with van der Waals surface area (Å²) in [6.07, 6.45) is -3.23.